The number of aromatic amines is 1. The molecule has 3 aromatic rings. The second-order valence-electron chi connectivity index (χ2n) is 6.63. The number of H-pyrrole nitrogens is 1. The predicted octanol–water partition coefficient (Wildman–Crippen LogP) is 1.79. The number of benzene rings is 1. The zero-order chi connectivity index (χ0) is 18.1. The maximum absolute atomic E-state index is 12.6. The summed E-state index contributed by atoms with van der Waals surface area (Å²) in [6.07, 6.45) is 4.72. The molecule has 0 saturated carbocycles. The molecule has 7 heteroatoms. The first-order chi connectivity index (χ1) is 12.6. The van der Waals surface area contributed by atoms with Gasteiger partial charge in [-0.05, 0) is 31.2 Å². The quantitative estimate of drug-likeness (QED) is 0.700. The molecule has 0 amide bonds. The van der Waals surface area contributed by atoms with E-state index in [-0.39, 0.29) is 5.56 Å². The number of nitrogen functional groups attached to an aromatic ring is 1. The molecule has 1 aromatic carbocycles. The monoisotopic (exact) mass is 350 g/mol. The lowest BCUT2D eigenvalue weighted by atomic mass is 10.1. The summed E-state index contributed by atoms with van der Waals surface area (Å²) in [5.41, 5.74) is 10.0. The van der Waals surface area contributed by atoms with Crippen molar-refractivity contribution in [3.05, 3.63) is 63.8 Å². The third-order valence-electron chi connectivity index (χ3n) is 4.75. The van der Waals surface area contributed by atoms with Crippen molar-refractivity contribution < 1.29 is 0 Å². The fourth-order valence-corrected chi connectivity index (χ4v) is 3.31. The molecule has 4 rings (SSSR count). The molecule has 2 aromatic heterocycles. The molecule has 134 valence electrons. The second kappa shape index (κ2) is 6.76. The van der Waals surface area contributed by atoms with Crippen LogP contribution in [0.15, 0.2) is 41.5 Å². The van der Waals surface area contributed by atoms with Crippen LogP contribution < -0.4 is 11.3 Å². The Morgan fingerprint density at radius 3 is 2.81 bits per heavy atom. The number of hydrogen-bond donors (Lipinski definition) is 2. The van der Waals surface area contributed by atoms with Crippen LogP contribution in [-0.4, -0.2) is 31.2 Å². The lowest BCUT2D eigenvalue weighted by Crippen LogP contribution is -2.35. The van der Waals surface area contributed by atoms with Gasteiger partial charge < -0.3 is 10.7 Å². The molecule has 26 heavy (non-hydrogen) atoms. The first-order valence-electron chi connectivity index (χ1n) is 8.84. The number of nitrogens with one attached hydrogen (secondary N) is 1. The summed E-state index contributed by atoms with van der Waals surface area (Å²) >= 11 is 0. The van der Waals surface area contributed by atoms with Crippen molar-refractivity contribution in [2.24, 2.45) is 0 Å². The molecule has 0 aliphatic carbocycles. The van der Waals surface area contributed by atoms with Crippen LogP contribution in [0.4, 0.5) is 5.69 Å². The zero-order valence-corrected chi connectivity index (χ0v) is 14.8. The molecule has 0 unspecified atom stereocenters. The van der Waals surface area contributed by atoms with Crippen LogP contribution in [0, 0.1) is 0 Å². The lowest BCUT2D eigenvalue weighted by Gasteiger charge is -2.27. The Labute approximate surface area is 151 Å². The highest BCUT2D eigenvalue weighted by Crippen LogP contribution is 2.20. The van der Waals surface area contributed by atoms with Crippen molar-refractivity contribution in [2.45, 2.75) is 33.0 Å². The SMILES string of the molecule is CCn1cc(CN2CCc3nc(-c4ccc(N)cc4)[nH]c(=O)c3C2)cn1. The van der Waals surface area contributed by atoms with Crippen molar-refractivity contribution in [3.8, 4) is 11.4 Å². The smallest absolute Gasteiger partial charge is 0.255 e. The van der Waals surface area contributed by atoms with Gasteiger partial charge in [0.2, 0.25) is 0 Å². The summed E-state index contributed by atoms with van der Waals surface area (Å²) in [6, 6.07) is 7.38. The Balaban J connectivity index is 1.56. The Morgan fingerprint density at radius 2 is 2.08 bits per heavy atom. The largest absolute Gasteiger partial charge is 0.399 e. The third-order valence-corrected chi connectivity index (χ3v) is 4.75. The van der Waals surface area contributed by atoms with Crippen LogP contribution in [0.25, 0.3) is 11.4 Å². The predicted molar refractivity (Wildman–Crippen MR) is 100 cm³/mol. The van der Waals surface area contributed by atoms with Crippen LogP contribution in [0.3, 0.4) is 0 Å². The first-order valence-corrected chi connectivity index (χ1v) is 8.84. The molecule has 0 bridgehead atoms. The van der Waals surface area contributed by atoms with Gasteiger partial charge in [-0.2, -0.15) is 5.10 Å². The third kappa shape index (κ3) is 3.25. The van der Waals surface area contributed by atoms with Crippen molar-refractivity contribution >= 4 is 5.69 Å². The van der Waals surface area contributed by atoms with E-state index in [1.807, 2.05) is 35.1 Å². The number of hydrogen-bond acceptors (Lipinski definition) is 5. The average Bonchev–Trinajstić information content (AvgIpc) is 3.10. The summed E-state index contributed by atoms with van der Waals surface area (Å²) in [6.45, 7) is 5.20. The topological polar surface area (TPSA) is 92.8 Å². The van der Waals surface area contributed by atoms with E-state index in [1.165, 1.54) is 0 Å². The van der Waals surface area contributed by atoms with Gasteiger partial charge in [0.05, 0.1) is 17.5 Å². The van der Waals surface area contributed by atoms with Gasteiger partial charge >= 0.3 is 0 Å². The zero-order valence-electron chi connectivity index (χ0n) is 14.8. The molecule has 0 atom stereocenters. The maximum atomic E-state index is 12.6. The fourth-order valence-electron chi connectivity index (χ4n) is 3.31. The standard InChI is InChI=1S/C19H22N6O/c1-2-25-11-13(9-21-25)10-24-8-7-17-16(12-24)19(26)23-18(22-17)14-3-5-15(20)6-4-14/h3-6,9,11H,2,7-8,10,12,20H2,1H3,(H,22,23,26). The van der Waals surface area contributed by atoms with E-state index in [0.717, 1.165) is 48.4 Å². The van der Waals surface area contributed by atoms with Gasteiger partial charge in [0, 0.05) is 55.6 Å². The van der Waals surface area contributed by atoms with Crippen molar-refractivity contribution in [3.63, 3.8) is 0 Å². The number of aromatic nitrogens is 4. The van der Waals surface area contributed by atoms with Gasteiger partial charge in [-0.15, -0.1) is 0 Å². The highest BCUT2D eigenvalue weighted by Gasteiger charge is 2.22. The molecule has 3 N–H and O–H groups in total. The Morgan fingerprint density at radius 1 is 1.27 bits per heavy atom. The number of aryl methyl sites for hydroxylation is 1. The van der Waals surface area contributed by atoms with E-state index < -0.39 is 0 Å². The van der Waals surface area contributed by atoms with E-state index in [2.05, 4.69) is 28.1 Å². The van der Waals surface area contributed by atoms with Crippen molar-refractivity contribution in [1.82, 2.24) is 24.6 Å². The number of fused-ring (bicyclic) bond motifs is 1. The summed E-state index contributed by atoms with van der Waals surface area (Å²) in [7, 11) is 0. The molecule has 7 nitrogen and oxygen atoms in total. The summed E-state index contributed by atoms with van der Waals surface area (Å²) in [5.74, 6) is 0.603. The van der Waals surface area contributed by atoms with Gasteiger partial charge in [0.1, 0.15) is 5.82 Å². The molecular formula is C19H22N6O. The Hall–Kier alpha value is -2.93. The number of nitrogens with zero attached hydrogens (tertiary/aromatic N) is 4. The number of nitrogens with two attached hydrogens (primary N) is 1. The van der Waals surface area contributed by atoms with Crippen LogP contribution in [-0.2, 0) is 26.1 Å². The van der Waals surface area contributed by atoms with Gasteiger partial charge in [0.25, 0.3) is 5.56 Å². The number of anilines is 1. The van der Waals surface area contributed by atoms with Crippen LogP contribution in [0.2, 0.25) is 0 Å². The van der Waals surface area contributed by atoms with Crippen LogP contribution in [0.1, 0.15) is 23.7 Å². The molecule has 0 spiro atoms. The Kier molecular flexibility index (Phi) is 4.30. The molecule has 3 heterocycles. The van der Waals surface area contributed by atoms with Gasteiger partial charge in [-0.1, -0.05) is 0 Å². The van der Waals surface area contributed by atoms with Gasteiger partial charge in [-0.25, -0.2) is 4.98 Å². The van der Waals surface area contributed by atoms with E-state index >= 15 is 0 Å². The summed E-state index contributed by atoms with van der Waals surface area (Å²) in [4.78, 5) is 22.5. The van der Waals surface area contributed by atoms with Gasteiger partial charge in [0.15, 0.2) is 0 Å². The minimum Gasteiger partial charge on any atom is -0.399 e. The van der Waals surface area contributed by atoms with E-state index in [0.29, 0.717) is 18.1 Å². The maximum Gasteiger partial charge on any atom is 0.255 e. The minimum absolute atomic E-state index is 0.0595. The summed E-state index contributed by atoms with van der Waals surface area (Å²) < 4.78 is 1.92. The van der Waals surface area contributed by atoms with Crippen LogP contribution in [0.5, 0.6) is 0 Å². The second-order valence-corrected chi connectivity index (χ2v) is 6.63. The fraction of sp³-hybridized carbons (Fsp3) is 0.316. The average molecular weight is 350 g/mol. The van der Waals surface area contributed by atoms with Crippen LogP contribution >= 0.6 is 0 Å². The molecule has 1 aliphatic heterocycles. The first kappa shape index (κ1) is 16.5. The van der Waals surface area contributed by atoms with E-state index in [4.69, 9.17) is 10.7 Å². The minimum atomic E-state index is -0.0595. The molecular weight excluding hydrogens is 328 g/mol. The van der Waals surface area contributed by atoms with E-state index in [9.17, 15) is 4.79 Å². The molecule has 1 aliphatic rings. The highest BCUT2D eigenvalue weighted by molar-refractivity contribution is 5.58. The highest BCUT2D eigenvalue weighted by atomic mass is 16.1. The van der Waals surface area contributed by atoms with Crippen molar-refractivity contribution in [2.75, 3.05) is 12.3 Å². The normalized spacial score (nSPS) is 14.3. The van der Waals surface area contributed by atoms with E-state index in [1.54, 1.807) is 0 Å². The van der Waals surface area contributed by atoms with Crippen molar-refractivity contribution in [1.29, 1.82) is 0 Å². The molecule has 0 saturated heterocycles. The van der Waals surface area contributed by atoms with Gasteiger partial charge in [-0.3, -0.25) is 14.4 Å². The number of rotatable bonds is 4. The molecule has 0 fully saturated rings. The molecule has 0 radical (unpaired) electrons. The Bertz CT molecular complexity index is 972. The summed E-state index contributed by atoms with van der Waals surface area (Å²) in [5, 5.41) is 4.31. The lowest BCUT2D eigenvalue weighted by molar-refractivity contribution is 0.242.